The number of benzene rings is 1. The van der Waals surface area contributed by atoms with Gasteiger partial charge in [-0.25, -0.2) is 4.98 Å². The molecule has 0 spiro atoms. The predicted octanol–water partition coefficient (Wildman–Crippen LogP) is 5.76. The summed E-state index contributed by atoms with van der Waals surface area (Å²) < 4.78 is 1.70. The Hall–Kier alpha value is -3.65. The van der Waals surface area contributed by atoms with Crippen LogP contribution in [0.4, 0.5) is 23.3 Å². The number of aromatic nitrogens is 4. The highest BCUT2D eigenvalue weighted by Gasteiger charge is 2.38. The molecule has 5 aliphatic rings. The number of rotatable bonds is 7. The summed E-state index contributed by atoms with van der Waals surface area (Å²) in [6.07, 6.45) is 16.9. The van der Waals surface area contributed by atoms with Crippen LogP contribution < -0.4 is 21.7 Å². The largest absolute Gasteiger partial charge is 0.383 e. The monoisotopic (exact) mass is 550 g/mol. The first kappa shape index (κ1) is 26.3. The highest BCUT2D eigenvalue weighted by Crippen LogP contribution is 2.48. The van der Waals surface area contributed by atoms with E-state index in [1.807, 2.05) is 0 Å². The van der Waals surface area contributed by atoms with E-state index in [1.54, 1.807) is 4.68 Å². The third-order valence-electron chi connectivity index (χ3n) is 9.36. The average Bonchev–Trinajstić information content (AvgIpc) is 3.24. The zero-order valence-corrected chi connectivity index (χ0v) is 24.3. The number of nitrogens with two attached hydrogens (primary N) is 1. The molecule has 2 bridgehead atoms. The molecule has 3 aromatic rings. The van der Waals surface area contributed by atoms with Crippen molar-refractivity contribution < 1.29 is 0 Å². The van der Waals surface area contributed by atoms with Crippen molar-refractivity contribution in [3.05, 3.63) is 70.5 Å². The molecular weight excluding hydrogens is 508 g/mol. The van der Waals surface area contributed by atoms with Gasteiger partial charge in [0.2, 0.25) is 11.9 Å². The molecule has 214 valence electrons. The SMILES string of the molecule is CC(C)CN[C@H]1CCc2ccc(Nc3nc(N)n(-c4cc(C56C=CC(=CC5)CC6)c5c(n4)CCCN5)n3)cc2CC1. The fourth-order valence-electron chi connectivity index (χ4n) is 6.99. The zero-order chi connectivity index (χ0) is 28.0. The summed E-state index contributed by atoms with van der Waals surface area (Å²) in [6.45, 7) is 6.60. The summed E-state index contributed by atoms with van der Waals surface area (Å²) in [5, 5.41) is 15.7. The van der Waals surface area contributed by atoms with Crippen LogP contribution in [-0.2, 0) is 24.7 Å². The highest BCUT2D eigenvalue weighted by molar-refractivity contribution is 5.65. The van der Waals surface area contributed by atoms with Gasteiger partial charge in [0.25, 0.3) is 0 Å². The van der Waals surface area contributed by atoms with Crippen LogP contribution in [0.1, 0.15) is 74.8 Å². The Balaban J connectivity index is 1.14. The fourth-order valence-corrected chi connectivity index (χ4v) is 6.99. The molecule has 1 unspecified atom stereocenters. The molecule has 0 radical (unpaired) electrons. The van der Waals surface area contributed by atoms with Crippen molar-refractivity contribution in [3.8, 4) is 5.82 Å². The number of nitrogens with zero attached hydrogens (tertiary/aromatic N) is 4. The van der Waals surface area contributed by atoms with E-state index in [-0.39, 0.29) is 5.41 Å². The fraction of sp³-hybridized carbons (Fsp3) is 0.485. The molecule has 5 N–H and O–H groups in total. The second kappa shape index (κ2) is 10.6. The van der Waals surface area contributed by atoms with Crippen LogP contribution in [0.15, 0.2) is 48.1 Å². The number of pyridine rings is 1. The summed E-state index contributed by atoms with van der Waals surface area (Å²) >= 11 is 0. The van der Waals surface area contributed by atoms with E-state index in [2.05, 4.69) is 77.3 Å². The van der Waals surface area contributed by atoms with Crippen LogP contribution >= 0.6 is 0 Å². The molecular formula is C33H42N8. The first-order valence-electron chi connectivity index (χ1n) is 15.5. The van der Waals surface area contributed by atoms with Crippen molar-refractivity contribution in [2.24, 2.45) is 5.92 Å². The van der Waals surface area contributed by atoms with Crippen molar-refractivity contribution in [2.75, 3.05) is 29.5 Å². The predicted molar refractivity (Wildman–Crippen MR) is 166 cm³/mol. The third kappa shape index (κ3) is 5.14. The maximum absolute atomic E-state index is 6.46. The van der Waals surface area contributed by atoms with E-state index < -0.39 is 0 Å². The second-order valence-electron chi connectivity index (χ2n) is 12.7. The number of nitrogens with one attached hydrogen (secondary N) is 3. The maximum Gasteiger partial charge on any atom is 0.248 e. The molecule has 0 amide bonds. The van der Waals surface area contributed by atoms with Gasteiger partial charge < -0.3 is 21.7 Å². The molecule has 8 nitrogen and oxygen atoms in total. The summed E-state index contributed by atoms with van der Waals surface area (Å²) in [5.74, 6) is 2.25. The number of allylic oxidation sites excluding steroid dienone is 4. The summed E-state index contributed by atoms with van der Waals surface area (Å²) in [5.41, 5.74) is 15.4. The second-order valence-corrected chi connectivity index (χ2v) is 12.7. The first-order valence-corrected chi connectivity index (χ1v) is 15.5. The molecule has 0 saturated heterocycles. The molecule has 3 heterocycles. The van der Waals surface area contributed by atoms with E-state index in [1.165, 1.54) is 34.4 Å². The molecule has 0 fully saturated rings. The first-order chi connectivity index (χ1) is 20.0. The van der Waals surface area contributed by atoms with Gasteiger partial charge in [-0.15, -0.1) is 5.10 Å². The normalized spacial score (nSPS) is 23.0. The van der Waals surface area contributed by atoms with Gasteiger partial charge in [0.15, 0.2) is 5.82 Å². The Bertz CT molecular complexity index is 1520. The molecule has 8 rings (SSSR count). The summed E-state index contributed by atoms with van der Waals surface area (Å²) in [4.78, 5) is 9.64. The molecule has 8 heteroatoms. The lowest BCUT2D eigenvalue weighted by molar-refractivity contribution is 0.428. The Morgan fingerprint density at radius 3 is 2.76 bits per heavy atom. The zero-order valence-electron chi connectivity index (χ0n) is 24.3. The minimum atomic E-state index is -0.00452. The number of hydrogen-bond acceptors (Lipinski definition) is 7. The lowest BCUT2D eigenvalue weighted by Gasteiger charge is -2.40. The number of anilines is 4. The number of hydrogen-bond donors (Lipinski definition) is 4. The van der Waals surface area contributed by atoms with E-state index in [9.17, 15) is 0 Å². The minimum Gasteiger partial charge on any atom is -0.383 e. The van der Waals surface area contributed by atoms with Crippen molar-refractivity contribution >= 4 is 23.3 Å². The standard InChI is InChI=1S/C33H42N8/c1-21(2)20-36-25-8-5-23-6-10-26(18-24(23)7-9-25)37-32-39-31(34)41(40-32)29-19-27(30-28(38-29)4-3-17-35-30)33-14-11-22(12-15-33)13-16-33/h6,10-12,14,18-19,21,25,35-36H,3-5,7-9,13,15-17,20H2,1-2H3,(H3,34,37,39,40)/t25-,33?/m0/s1. The molecule has 41 heavy (non-hydrogen) atoms. The van der Waals surface area contributed by atoms with Crippen molar-refractivity contribution in [3.63, 3.8) is 0 Å². The van der Waals surface area contributed by atoms with Crippen molar-refractivity contribution in [1.82, 2.24) is 25.1 Å². The average molecular weight is 551 g/mol. The number of fused-ring (bicyclic) bond motifs is 4. The van der Waals surface area contributed by atoms with E-state index in [0.29, 0.717) is 23.9 Å². The van der Waals surface area contributed by atoms with Gasteiger partial charge in [-0.3, -0.25) is 0 Å². The van der Waals surface area contributed by atoms with Gasteiger partial charge in [-0.05, 0) is 105 Å². The quantitative estimate of drug-likeness (QED) is 0.277. The van der Waals surface area contributed by atoms with Crippen LogP contribution in [0.2, 0.25) is 0 Å². The van der Waals surface area contributed by atoms with E-state index >= 15 is 0 Å². The Labute approximate surface area is 242 Å². The van der Waals surface area contributed by atoms with Gasteiger partial charge >= 0.3 is 0 Å². The highest BCUT2D eigenvalue weighted by atomic mass is 15.4. The lowest BCUT2D eigenvalue weighted by atomic mass is 9.65. The van der Waals surface area contributed by atoms with Crippen LogP contribution in [0.25, 0.3) is 5.82 Å². The molecule has 2 atom stereocenters. The molecule has 1 aliphatic heterocycles. The number of aryl methyl sites for hydroxylation is 3. The Kier molecular flexibility index (Phi) is 6.81. The van der Waals surface area contributed by atoms with Crippen molar-refractivity contribution in [1.29, 1.82) is 0 Å². The lowest BCUT2D eigenvalue weighted by Crippen LogP contribution is -2.32. The van der Waals surface area contributed by atoms with Gasteiger partial charge in [0.05, 0.1) is 11.4 Å². The van der Waals surface area contributed by atoms with Crippen LogP contribution in [0.5, 0.6) is 0 Å². The number of nitrogen functional groups attached to an aromatic ring is 1. The smallest absolute Gasteiger partial charge is 0.248 e. The molecule has 2 aromatic heterocycles. The maximum atomic E-state index is 6.46. The van der Waals surface area contributed by atoms with Gasteiger partial charge in [-0.2, -0.15) is 9.67 Å². The Morgan fingerprint density at radius 2 is 1.98 bits per heavy atom. The van der Waals surface area contributed by atoms with Gasteiger partial charge in [-0.1, -0.05) is 43.7 Å². The van der Waals surface area contributed by atoms with Crippen LogP contribution in [0, 0.1) is 5.92 Å². The summed E-state index contributed by atoms with van der Waals surface area (Å²) in [7, 11) is 0. The minimum absolute atomic E-state index is 0.00452. The van der Waals surface area contributed by atoms with Crippen LogP contribution in [-0.4, -0.2) is 38.9 Å². The third-order valence-corrected chi connectivity index (χ3v) is 9.36. The van der Waals surface area contributed by atoms with Crippen molar-refractivity contribution in [2.45, 2.75) is 83.1 Å². The summed E-state index contributed by atoms with van der Waals surface area (Å²) in [6, 6.07) is 9.42. The van der Waals surface area contributed by atoms with Gasteiger partial charge in [0.1, 0.15) is 0 Å². The van der Waals surface area contributed by atoms with Crippen LogP contribution in [0.3, 0.4) is 0 Å². The molecule has 0 saturated carbocycles. The molecule has 1 aromatic carbocycles. The molecule has 4 aliphatic carbocycles. The topological polar surface area (TPSA) is 106 Å². The van der Waals surface area contributed by atoms with Gasteiger partial charge in [0, 0.05) is 23.7 Å². The Morgan fingerprint density at radius 1 is 1.10 bits per heavy atom. The van der Waals surface area contributed by atoms with E-state index in [0.717, 1.165) is 81.7 Å². The van der Waals surface area contributed by atoms with E-state index in [4.69, 9.17) is 15.8 Å².